The van der Waals surface area contributed by atoms with Gasteiger partial charge in [-0.3, -0.25) is 0 Å². The van der Waals surface area contributed by atoms with Gasteiger partial charge in [-0.05, 0) is 6.92 Å². The Kier molecular flexibility index (Phi) is 6.45. The molecule has 0 spiro atoms. The number of rotatable bonds is 3. The van der Waals surface area contributed by atoms with Crippen LogP contribution < -0.4 is 5.73 Å². The van der Waals surface area contributed by atoms with E-state index in [1.54, 1.807) is 0 Å². The Balaban J connectivity index is 0. The van der Waals surface area contributed by atoms with Crippen molar-refractivity contribution in [2.75, 3.05) is 27.7 Å². The van der Waals surface area contributed by atoms with Crippen LogP contribution in [0.4, 0.5) is 4.79 Å². The maximum atomic E-state index is 10.3. The third kappa shape index (κ3) is 9.76. The second-order valence-corrected chi connectivity index (χ2v) is 3.72. The molecule has 0 aliphatic heterocycles. The Morgan fingerprint density at radius 1 is 1.50 bits per heavy atom. The maximum absolute atomic E-state index is 10.3. The molecule has 2 N–H and O–H groups in total. The molecule has 12 heavy (non-hydrogen) atoms. The van der Waals surface area contributed by atoms with Crippen LogP contribution in [0.1, 0.15) is 6.92 Å². The van der Waals surface area contributed by atoms with Crippen LogP contribution in [0.2, 0.25) is 0 Å². The number of carbonyl (C=O) groups excluding carboxylic acids is 1. The molecule has 0 saturated carbocycles. The van der Waals surface area contributed by atoms with E-state index in [4.69, 9.17) is 10.5 Å². The van der Waals surface area contributed by atoms with Crippen molar-refractivity contribution in [3.8, 4) is 0 Å². The van der Waals surface area contributed by atoms with Crippen molar-refractivity contribution in [1.82, 2.24) is 0 Å². The van der Waals surface area contributed by atoms with Crippen LogP contribution in [-0.2, 0) is 22.1 Å². The fraction of sp³-hybridized carbons (Fsp3) is 0.857. The quantitative estimate of drug-likeness (QED) is 0.680. The summed E-state index contributed by atoms with van der Waals surface area (Å²) in [6.45, 7) is 2.59. The summed E-state index contributed by atoms with van der Waals surface area (Å²) in [4.78, 5) is 10.3. The Labute approximate surface area is 84.4 Å². The average Bonchev–Trinajstić information content (AvgIpc) is 1.53. The second kappa shape index (κ2) is 5.42. The van der Waals surface area contributed by atoms with Crippen LogP contribution >= 0.6 is 0 Å². The fourth-order valence-electron chi connectivity index (χ4n) is 1.01. The zero-order chi connectivity index (χ0) is 9.07. The van der Waals surface area contributed by atoms with E-state index in [0.29, 0.717) is 0 Å². The Bertz CT molecular complexity index is 145. The monoisotopic (exact) mass is 213 g/mol. The van der Waals surface area contributed by atoms with Gasteiger partial charge in [0.1, 0.15) is 12.6 Å². The molecule has 0 radical (unpaired) electrons. The van der Waals surface area contributed by atoms with Crippen molar-refractivity contribution >= 4 is 6.09 Å². The molecule has 0 rings (SSSR count). The molecule has 0 aromatic carbocycles. The number of nitrogens with zero attached hydrogens (tertiary/aromatic N) is 1. The van der Waals surface area contributed by atoms with Crippen LogP contribution in [0, 0.1) is 0 Å². The second-order valence-electron chi connectivity index (χ2n) is 3.72. The SMILES string of the molecule is CC(C[N+](C)(C)C)OC(N)=O.[Cr]. The van der Waals surface area contributed by atoms with Gasteiger partial charge >= 0.3 is 6.09 Å². The first-order chi connectivity index (χ1) is 4.81. The average molecular weight is 213 g/mol. The number of hydrogen-bond donors (Lipinski definition) is 1. The van der Waals surface area contributed by atoms with Crippen molar-refractivity contribution in [2.24, 2.45) is 5.73 Å². The number of hydrogen-bond acceptors (Lipinski definition) is 2. The summed E-state index contributed by atoms with van der Waals surface area (Å²) in [5.74, 6) is 0. The summed E-state index contributed by atoms with van der Waals surface area (Å²) in [5, 5.41) is 0. The summed E-state index contributed by atoms with van der Waals surface area (Å²) in [6, 6.07) is 0. The molecule has 0 aromatic heterocycles. The van der Waals surface area contributed by atoms with Gasteiger partial charge in [-0.2, -0.15) is 0 Å². The molecular formula is C7H17CrN2O2+. The minimum Gasteiger partial charge on any atom is -0.441 e. The summed E-state index contributed by atoms with van der Waals surface area (Å²) in [5.41, 5.74) is 4.84. The van der Waals surface area contributed by atoms with Crippen molar-refractivity contribution in [3.63, 3.8) is 0 Å². The molecule has 1 amide bonds. The molecule has 0 aromatic rings. The summed E-state index contributed by atoms with van der Waals surface area (Å²) in [6.07, 6.45) is -0.821. The Hall–Kier alpha value is -0.238. The van der Waals surface area contributed by atoms with Crippen molar-refractivity contribution in [3.05, 3.63) is 0 Å². The molecule has 0 saturated heterocycles. The molecule has 0 heterocycles. The standard InChI is InChI=1S/C7H16N2O2.Cr/c1-6(11-7(8)10)5-9(2,3)4;/h6H,5H2,1-4H3,(H-,8,10);/p+1. The van der Waals surface area contributed by atoms with E-state index in [9.17, 15) is 4.79 Å². The van der Waals surface area contributed by atoms with Gasteiger partial charge in [0.25, 0.3) is 0 Å². The number of likely N-dealkylation sites (N-methyl/N-ethyl adjacent to an activating group) is 1. The number of ether oxygens (including phenoxy) is 1. The van der Waals surface area contributed by atoms with E-state index in [-0.39, 0.29) is 23.5 Å². The van der Waals surface area contributed by atoms with E-state index in [2.05, 4.69) is 0 Å². The number of amides is 1. The largest absolute Gasteiger partial charge is 0.441 e. The Morgan fingerprint density at radius 2 is 1.92 bits per heavy atom. The zero-order valence-corrected chi connectivity index (χ0v) is 9.31. The molecule has 72 valence electrons. The van der Waals surface area contributed by atoms with E-state index < -0.39 is 6.09 Å². The first-order valence-electron chi connectivity index (χ1n) is 3.58. The van der Waals surface area contributed by atoms with Crippen molar-refractivity contribution in [2.45, 2.75) is 13.0 Å². The van der Waals surface area contributed by atoms with Crippen LogP contribution in [0.5, 0.6) is 0 Å². The van der Waals surface area contributed by atoms with Gasteiger partial charge < -0.3 is 15.0 Å². The fourth-order valence-corrected chi connectivity index (χ4v) is 1.01. The van der Waals surface area contributed by atoms with E-state index in [1.807, 2.05) is 28.1 Å². The van der Waals surface area contributed by atoms with E-state index in [1.165, 1.54) is 0 Å². The van der Waals surface area contributed by atoms with Gasteiger partial charge in [0, 0.05) is 17.4 Å². The van der Waals surface area contributed by atoms with Crippen molar-refractivity contribution < 1.29 is 31.4 Å². The van der Waals surface area contributed by atoms with Gasteiger partial charge in [-0.1, -0.05) is 0 Å². The Morgan fingerprint density at radius 3 is 2.17 bits per heavy atom. The summed E-state index contributed by atoms with van der Waals surface area (Å²) < 4.78 is 5.51. The summed E-state index contributed by atoms with van der Waals surface area (Å²) >= 11 is 0. The van der Waals surface area contributed by atoms with Crippen LogP contribution in [0.25, 0.3) is 0 Å². The zero-order valence-electron chi connectivity index (χ0n) is 8.03. The topological polar surface area (TPSA) is 52.3 Å². The third-order valence-electron chi connectivity index (χ3n) is 1.12. The molecular weight excluding hydrogens is 196 g/mol. The molecule has 0 aliphatic rings. The van der Waals surface area contributed by atoms with Gasteiger partial charge in [-0.25, -0.2) is 4.79 Å². The predicted octanol–water partition coefficient (Wildman–Crippen LogP) is 0.174. The number of carbonyl (C=O) groups is 1. The van der Waals surface area contributed by atoms with Crippen molar-refractivity contribution in [1.29, 1.82) is 0 Å². The third-order valence-corrected chi connectivity index (χ3v) is 1.12. The van der Waals surface area contributed by atoms with Crippen LogP contribution in [0.15, 0.2) is 0 Å². The smallest absolute Gasteiger partial charge is 0.404 e. The molecule has 0 aliphatic carbocycles. The van der Waals surface area contributed by atoms with Gasteiger partial charge in [0.2, 0.25) is 0 Å². The first kappa shape index (κ1) is 14.3. The normalized spacial score (nSPS) is 13.0. The van der Waals surface area contributed by atoms with E-state index in [0.717, 1.165) is 11.0 Å². The predicted molar refractivity (Wildman–Crippen MR) is 43.0 cm³/mol. The molecule has 0 bridgehead atoms. The number of nitrogens with two attached hydrogens (primary N) is 1. The molecule has 1 atom stereocenters. The maximum Gasteiger partial charge on any atom is 0.404 e. The molecule has 0 fully saturated rings. The van der Waals surface area contributed by atoms with Gasteiger partial charge in [-0.15, -0.1) is 0 Å². The molecule has 1 unspecified atom stereocenters. The number of primary amides is 1. The minimum absolute atomic E-state index is 0. The first-order valence-corrected chi connectivity index (χ1v) is 3.58. The minimum atomic E-state index is -0.703. The van der Waals surface area contributed by atoms with Gasteiger partial charge in [0.15, 0.2) is 0 Å². The molecule has 4 nitrogen and oxygen atoms in total. The van der Waals surface area contributed by atoms with Gasteiger partial charge in [0.05, 0.1) is 21.1 Å². The number of quaternary nitrogens is 1. The van der Waals surface area contributed by atoms with Crippen LogP contribution in [-0.4, -0.2) is 44.4 Å². The van der Waals surface area contributed by atoms with E-state index >= 15 is 0 Å². The molecule has 5 heteroatoms. The van der Waals surface area contributed by atoms with Crippen LogP contribution in [0.3, 0.4) is 0 Å². The summed E-state index contributed by atoms with van der Waals surface area (Å²) in [7, 11) is 6.09.